The van der Waals surface area contributed by atoms with Crippen LogP contribution in [0, 0.1) is 11.7 Å². The largest absolute Gasteiger partial charge is 0.453 e. The molecule has 0 radical (unpaired) electrons. The van der Waals surface area contributed by atoms with E-state index in [9.17, 15) is 18.0 Å². The summed E-state index contributed by atoms with van der Waals surface area (Å²) in [6, 6.07) is 18.3. The number of benzene rings is 3. The van der Waals surface area contributed by atoms with Crippen LogP contribution < -0.4 is 16.0 Å². The van der Waals surface area contributed by atoms with E-state index >= 15 is 4.39 Å². The zero-order valence-electron chi connectivity index (χ0n) is 28.0. The van der Waals surface area contributed by atoms with Crippen molar-refractivity contribution in [1.29, 1.82) is 0 Å². The van der Waals surface area contributed by atoms with Crippen molar-refractivity contribution in [2.24, 2.45) is 5.92 Å². The van der Waals surface area contributed by atoms with E-state index in [0.717, 1.165) is 5.56 Å². The van der Waals surface area contributed by atoms with E-state index in [4.69, 9.17) is 21.1 Å². The summed E-state index contributed by atoms with van der Waals surface area (Å²) < 4.78 is 55.0. The number of methoxy groups -OCH3 is 1. The Morgan fingerprint density at radius 3 is 2.53 bits per heavy atom. The maximum atomic E-state index is 15.5. The van der Waals surface area contributed by atoms with Gasteiger partial charge in [-0.2, -0.15) is 4.31 Å². The van der Waals surface area contributed by atoms with Crippen molar-refractivity contribution in [3.05, 3.63) is 94.8 Å². The monoisotopic (exact) mass is 714 g/mol. The van der Waals surface area contributed by atoms with E-state index in [1.165, 1.54) is 23.5 Å². The lowest BCUT2D eigenvalue weighted by atomic mass is 9.73. The molecule has 0 bridgehead atoms. The van der Waals surface area contributed by atoms with Gasteiger partial charge in [0.15, 0.2) is 0 Å². The maximum absolute atomic E-state index is 15.5. The molecule has 3 aromatic rings. The number of hydrogen-bond donors (Lipinski definition) is 3. The molecule has 2 saturated heterocycles. The van der Waals surface area contributed by atoms with E-state index in [-0.39, 0.29) is 35.0 Å². The fraction of sp³-hybridized carbons (Fsp3) is 0.444. The Bertz CT molecular complexity index is 1710. The fourth-order valence-electron chi connectivity index (χ4n) is 7.00. The smallest absolute Gasteiger partial charge is 0.407 e. The average Bonchev–Trinajstić information content (AvgIpc) is 3.08. The highest BCUT2D eigenvalue weighted by Crippen LogP contribution is 2.41. The van der Waals surface area contributed by atoms with Gasteiger partial charge in [0.25, 0.3) is 0 Å². The number of halogens is 2. The maximum Gasteiger partial charge on any atom is 0.407 e. The average molecular weight is 715 g/mol. The highest BCUT2D eigenvalue weighted by atomic mass is 35.5. The molecule has 1 unspecified atom stereocenters. The van der Waals surface area contributed by atoms with Crippen LogP contribution in [0.25, 0.3) is 0 Å². The number of carbonyl (C=O) groups is 2. The Morgan fingerprint density at radius 2 is 1.84 bits per heavy atom. The van der Waals surface area contributed by atoms with Gasteiger partial charge in [-0.05, 0) is 87.4 Å². The van der Waals surface area contributed by atoms with E-state index in [1.807, 2.05) is 26.0 Å². The zero-order valence-corrected chi connectivity index (χ0v) is 29.5. The molecule has 264 valence electrons. The topological polar surface area (TPSA) is 126 Å². The predicted octanol–water partition coefficient (Wildman–Crippen LogP) is 5.73. The van der Waals surface area contributed by atoms with Crippen LogP contribution >= 0.6 is 11.6 Å². The summed E-state index contributed by atoms with van der Waals surface area (Å²) in [6.07, 6.45) is 0.938. The van der Waals surface area contributed by atoms with Crippen LogP contribution in [0.1, 0.15) is 50.2 Å². The number of hydrogen-bond acceptors (Lipinski definition) is 7. The van der Waals surface area contributed by atoms with E-state index in [2.05, 4.69) is 16.0 Å². The molecule has 2 aliphatic rings. The van der Waals surface area contributed by atoms with Crippen molar-refractivity contribution in [1.82, 2.24) is 14.9 Å². The third-order valence-electron chi connectivity index (χ3n) is 9.35. The number of anilines is 1. The molecule has 0 aliphatic carbocycles. The first-order chi connectivity index (χ1) is 23.4. The molecule has 2 fully saturated rings. The molecule has 13 heteroatoms. The Labute approximate surface area is 292 Å². The SMILES string of the molecule is COC(=O)N[C@H](C(=O)Nc1cccc(F)c1CC[C@H]1CNCCN1S(=O)(=O)c1ccccc1)[C@@H](c1ccc(Cl)cc1)C1CCOC(C)(C)C1. The van der Waals surface area contributed by atoms with Crippen LogP contribution in [-0.2, 0) is 30.7 Å². The Kier molecular flexibility index (Phi) is 12.0. The number of rotatable bonds is 11. The van der Waals surface area contributed by atoms with E-state index in [1.54, 1.807) is 48.5 Å². The van der Waals surface area contributed by atoms with Crippen molar-refractivity contribution in [2.45, 2.75) is 68.0 Å². The number of amides is 2. The second kappa shape index (κ2) is 16.0. The van der Waals surface area contributed by atoms with Crippen LogP contribution in [-0.4, -0.2) is 75.8 Å². The minimum atomic E-state index is -3.78. The summed E-state index contributed by atoms with van der Waals surface area (Å²) >= 11 is 6.22. The predicted molar refractivity (Wildman–Crippen MR) is 187 cm³/mol. The number of ether oxygens (including phenoxy) is 2. The number of nitrogens with one attached hydrogen (secondary N) is 3. The van der Waals surface area contributed by atoms with Crippen molar-refractivity contribution < 1.29 is 31.9 Å². The van der Waals surface area contributed by atoms with E-state index in [0.29, 0.717) is 44.0 Å². The molecule has 10 nitrogen and oxygen atoms in total. The number of sulfonamides is 1. The Morgan fingerprint density at radius 1 is 1.10 bits per heavy atom. The highest BCUT2D eigenvalue weighted by Gasteiger charge is 2.42. The molecule has 4 atom stereocenters. The molecule has 2 aliphatic heterocycles. The number of alkyl carbamates (subject to hydrolysis) is 1. The molecule has 49 heavy (non-hydrogen) atoms. The van der Waals surface area contributed by atoms with Gasteiger partial charge in [0.05, 0.1) is 17.6 Å². The lowest BCUT2D eigenvalue weighted by Gasteiger charge is -2.41. The molecule has 2 amide bonds. The van der Waals surface area contributed by atoms with Crippen LogP contribution in [0.15, 0.2) is 77.7 Å². The van der Waals surface area contributed by atoms with Crippen molar-refractivity contribution >= 4 is 39.3 Å². The number of carbonyl (C=O) groups excluding carboxylic acids is 2. The van der Waals surface area contributed by atoms with Gasteiger partial charge in [0.1, 0.15) is 11.9 Å². The fourth-order valence-corrected chi connectivity index (χ4v) is 8.80. The van der Waals surface area contributed by atoms with Crippen LogP contribution in [0.4, 0.5) is 14.9 Å². The lowest BCUT2D eigenvalue weighted by molar-refractivity contribution is -0.120. The molecular formula is C36H44ClFN4O6S. The molecule has 0 saturated carbocycles. The van der Waals surface area contributed by atoms with E-state index < -0.39 is 51.4 Å². The summed E-state index contributed by atoms with van der Waals surface area (Å²) in [7, 11) is -2.55. The second-order valence-corrected chi connectivity index (χ2v) is 15.5. The standard InChI is InChI=1S/C36H44ClFN4O6S/c1-36(2)22-25(18-21-48-36)32(24-12-14-26(37)15-13-24)33(41-35(44)47-3)34(43)40-31-11-7-10-30(38)29(31)17-16-27-23-39-19-20-42(27)49(45,46)28-8-5-4-6-9-28/h4-15,25,27,32-33,39H,16-23H2,1-3H3,(H,40,43)(H,41,44)/t25?,27-,32-,33-/m0/s1. The van der Waals surface area contributed by atoms with Gasteiger partial charge in [0, 0.05) is 54.5 Å². The first kappa shape index (κ1) is 36.7. The molecule has 0 aromatic heterocycles. The van der Waals surface area contributed by atoms with Crippen molar-refractivity contribution in [3.8, 4) is 0 Å². The summed E-state index contributed by atoms with van der Waals surface area (Å²) in [5, 5.41) is 9.45. The third kappa shape index (κ3) is 8.98. The normalized spacial score (nSPS) is 20.9. The third-order valence-corrected chi connectivity index (χ3v) is 11.6. The first-order valence-electron chi connectivity index (χ1n) is 16.5. The minimum absolute atomic E-state index is 0.0684. The Hall–Kier alpha value is -3.55. The van der Waals surface area contributed by atoms with Crippen molar-refractivity contribution in [2.75, 3.05) is 38.7 Å². The van der Waals surface area contributed by atoms with Gasteiger partial charge in [-0.15, -0.1) is 0 Å². The number of piperazine rings is 1. The van der Waals surface area contributed by atoms with Crippen LogP contribution in [0.3, 0.4) is 0 Å². The van der Waals surface area contributed by atoms with Gasteiger partial charge in [-0.3, -0.25) is 4.79 Å². The number of nitrogens with zero attached hydrogens (tertiary/aromatic N) is 1. The van der Waals surface area contributed by atoms with Gasteiger partial charge in [-0.1, -0.05) is 48.0 Å². The Balaban J connectivity index is 1.43. The van der Waals surface area contributed by atoms with Crippen LogP contribution in [0.2, 0.25) is 5.02 Å². The summed E-state index contributed by atoms with van der Waals surface area (Å²) in [6.45, 7) is 5.64. The highest BCUT2D eigenvalue weighted by molar-refractivity contribution is 7.89. The van der Waals surface area contributed by atoms with Crippen molar-refractivity contribution in [3.63, 3.8) is 0 Å². The summed E-state index contributed by atoms with van der Waals surface area (Å²) in [5.74, 6) is -1.64. The first-order valence-corrected chi connectivity index (χ1v) is 18.3. The zero-order chi connectivity index (χ0) is 35.2. The molecule has 2 heterocycles. The summed E-state index contributed by atoms with van der Waals surface area (Å²) in [5.41, 5.74) is 0.828. The molecule has 0 spiro atoms. The molecular weight excluding hydrogens is 671 g/mol. The van der Waals surface area contributed by atoms with Gasteiger partial charge in [-0.25, -0.2) is 17.6 Å². The summed E-state index contributed by atoms with van der Waals surface area (Å²) in [4.78, 5) is 27.2. The molecule has 3 N–H and O–H groups in total. The van der Waals surface area contributed by atoms with Gasteiger partial charge < -0.3 is 25.4 Å². The van der Waals surface area contributed by atoms with Crippen LogP contribution in [0.5, 0.6) is 0 Å². The molecule has 3 aromatic carbocycles. The quantitative estimate of drug-likeness (QED) is 0.232. The minimum Gasteiger partial charge on any atom is -0.453 e. The van der Waals surface area contributed by atoms with Gasteiger partial charge in [0.2, 0.25) is 15.9 Å². The van der Waals surface area contributed by atoms with Gasteiger partial charge >= 0.3 is 6.09 Å². The lowest BCUT2D eigenvalue weighted by Crippen LogP contribution is -2.53. The second-order valence-electron chi connectivity index (χ2n) is 13.1. The molecule has 5 rings (SSSR count).